The second-order valence-electron chi connectivity index (χ2n) is 6.51. The lowest BCUT2D eigenvalue weighted by Crippen LogP contribution is -3.14. The predicted molar refractivity (Wildman–Crippen MR) is 85.9 cm³/mol. The molecule has 1 heterocycles. The maximum atomic E-state index is 12.2. The summed E-state index contributed by atoms with van der Waals surface area (Å²) >= 11 is 0. The molecule has 0 bridgehead atoms. The molecular formula is C16H23N2O3S+. The highest BCUT2D eigenvalue weighted by molar-refractivity contribution is 7.91. The maximum absolute atomic E-state index is 12.2. The van der Waals surface area contributed by atoms with Crippen LogP contribution in [0.15, 0.2) is 18.2 Å². The van der Waals surface area contributed by atoms with Gasteiger partial charge in [-0.05, 0) is 42.5 Å². The summed E-state index contributed by atoms with van der Waals surface area (Å²) in [6.45, 7) is 0.303. The number of amides is 1. The molecule has 0 spiro atoms. The van der Waals surface area contributed by atoms with E-state index in [4.69, 9.17) is 0 Å². The summed E-state index contributed by atoms with van der Waals surface area (Å²) < 4.78 is 23.0. The molecule has 1 unspecified atom stereocenters. The topological polar surface area (TPSA) is 67.7 Å². The molecule has 1 aliphatic carbocycles. The van der Waals surface area contributed by atoms with Crippen LogP contribution in [0.25, 0.3) is 0 Å². The Morgan fingerprint density at radius 2 is 2.09 bits per heavy atom. The molecule has 0 aromatic heterocycles. The van der Waals surface area contributed by atoms with E-state index in [1.165, 1.54) is 17.5 Å². The molecule has 5 nitrogen and oxygen atoms in total. The third-order valence-corrected chi connectivity index (χ3v) is 6.52. The first kappa shape index (κ1) is 15.5. The van der Waals surface area contributed by atoms with E-state index in [-0.39, 0.29) is 23.5 Å². The van der Waals surface area contributed by atoms with Gasteiger partial charge in [0.2, 0.25) is 0 Å². The van der Waals surface area contributed by atoms with Gasteiger partial charge in [0.05, 0.1) is 12.8 Å². The minimum Gasteiger partial charge on any atom is -0.326 e. The van der Waals surface area contributed by atoms with Crippen LogP contribution in [-0.4, -0.2) is 45.5 Å². The normalized spacial score (nSPS) is 24.0. The fourth-order valence-corrected chi connectivity index (χ4v) is 5.31. The van der Waals surface area contributed by atoms with E-state index in [0.717, 1.165) is 23.4 Å². The van der Waals surface area contributed by atoms with Crippen LogP contribution in [0.3, 0.4) is 0 Å². The van der Waals surface area contributed by atoms with E-state index in [9.17, 15) is 13.2 Å². The molecule has 2 aliphatic rings. The van der Waals surface area contributed by atoms with Gasteiger partial charge in [0, 0.05) is 12.1 Å². The molecule has 0 radical (unpaired) electrons. The van der Waals surface area contributed by atoms with Gasteiger partial charge in [-0.25, -0.2) is 8.42 Å². The lowest BCUT2D eigenvalue weighted by molar-refractivity contribution is -0.894. The van der Waals surface area contributed by atoms with Crippen LogP contribution >= 0.6 is 0 Å². The summed E-state index contributed by atoms with van der Waals surface area (Å²) in [5, 5.41) is 2.94. The van der Waals surface area contributed by atoms with Crippen molar-refractivity contribution < 1.29 is 18.1 Å². The Morgan fingerprint density at radius 3 is 2.82 bits per heavy atom. The SMILES string of the molecule is C[NH+](CC(=O)Nc1ccc2c(c1)CCC2)[C@H]1CCS(=O)(=O)C1. The number of anilines is 1. The quantitative estimate of drug-likeness (QED) is 0.807. The molecule has 1 aliphatic heterocycles. The van der Waals surface area contributed by atoms with Gasteiger partial charge >= 0.3 is 0 Å². The van der Waals surface area contributed by atoms with Gasteiger partial charge < -0.3 is 10.2 Å². The average Bonchev–Trinajstić information content (AvgIpc) is 3.04. The van der Waals surface area contributed by atoms with E-state index < -0.39 is 9.84 Å². The van der Waals surface area contributed by atoms with Crippen molar-refractivity contribution in [3.05, 3.63) is 29.3 Å². The van der Waals surface area contributed by atoms with E-state index in [0.29, 0.717) is 13.0 Å². The fraction of sp³-hybridized carbons (Fsp3) is 0.562. The van der Waals surface area contributed by atoms with Crippen molar-refractivity contribution in [2.24, 2.45) is 0 Å². The minimum absolute atomic E-state index is 0.0378. The van der Waals surface area contributed by atoms with E-state index in [2.05, 4.69) is 17.4 Å². The first-order valence-electron chi connectivity index (χ1n) is 7.87. The van der Waals surface area contributed by atoms with Gasteiger partial charge in [0.25, 0.3) is 5.91 Å². The number of benzene rings is 1. The summed E-state index contributed by atoms with van der Waals surface area (Å²) in [5.74, 6) is 0.395. The lowest BCUT2D eigenvalue weighted by atomic mass is 10.1. The predicted octanol–water partition coefficient (Wildman–Crippen LogP) is -0.184. The van der Waals surface area contributed by atoms with Gasteiger partial charge in [0.1, 0.15) is 11.8 Å². The zero-order chi connectivity index (χ0) is 15.7. The van der Waals surface area contributed by atoms with Crippen molar-refractivity contribution >= 4 is 21.4 Å². The second-order valence-corrected chi connectivity index (χ2v) is 8.74. The highest BCUT2D eigenvalue weighted by atomic mass is 32.2. The lowest BCUT2D eigenvalue weighted by Gasteiger charge is -2.19. The van der Waals surface area contributed by atoms with Crippen LogP contribution in [0.1, 0.15) is 24.0 Å². The molecule has 0 saturated carbocycles. The van der Waals surface area contributed by atoms with Crippen molar-refractivity contribution in [3.63, 3.8) is 0 Å². The first-order valence-corrected chi connectivity index (χ1v) is 9.69. The number of aryl methyl sites for hydroxylation is 2. The van der Waals surface area contributed by atoms with Gasteiger partial charge in [-0.15, -0.1) is 0 Å². The summed E-state index contributed by atoms with van der Waals surface area (Å²) in [7, 11) is -0.998. The number of sulfone groups is 1. The van der Waals surface area contributed by atoms with E-state index in [1.807, 2.05) is 13.1 Å². The number of nitrogens with one attached hydrogen (secondary N) is 2. The number of carbonyl (C=O) groups excluding carboxylic acids is 1. The van der Waals surface area contributed by atoms with Crippen molar-refractivity contribution in [3.8, 4) is 0 Å². The third-order valence-electron chi connectivity index (χ3n) is 4.75. The zero-order valence-corrected chi connectivity index (χ0v) is 13.7. The Labute approximate surface area is 131 Å². The van der Waals surface area contributed by atoms with Crippen molar-refractivity contribution in [1.29, 1.82) is 0 Å². The first-order chi connectivity index (χ1) is 10.4. The Kier molecular flexibility index (Phi) is 4.23. The number of hydrogen-bond acceptors (Lipinski definition) is 3. The third kappa shape index (κ3) is 3.50. The Hall–Kier alpha value is -1.40. The molecule has 1 amide bonds. The van der Waals surface area contributed by atoms with Crippen LogP contribution in [0.4, 0.5) is 5.69 Å². The fourth-order valence-electron chi connectivity index (χ4n) is 3.44. The van der Waals surface area contributed by atoms with E-state index in [1.54, 1.807) is 0 Å². The number of carbonyl (C=O) groups is 1. The van der Waals surface area contributed by atoms with Crippen LogP contribution in [-0.2, 0) is 27.5 Å². The number of likely N-dealkylation sites (N-methyl/N-ethyl adjacent to an activating group) is 1. The molecule has 1 aromatic rings. The highest BCUT2D eigenvalue weighted by Crippen LogP contribution is 2.24. The Bertz CT molecular complexity index is 685. The molecule has 1 saturated heterocycles. The molecule has 1 fully saturated rings. The van der Waals surface area contributed by atoms with Crippen molar-refractivity contribution in [1.82, 2.24) is 0 Å². The molecular weight excluding hydrogens is 300 g/mol. The Morgan fingerprint density at radius 1 is 1.32 bits per heavy atom. The molecule has 22 heavy (non-hydrogen) atoms. The van der Waals surface area contributed by atoms with Gasteiger partial charge in [-0.1, -0.05) is 6.07 Å². The molecule has 120 valence electrons. The zero-order valence-electron chi connectivity index (χ0n) is 12.9. The number of fused-ring (bicyclic) bond motifs is 1. The molecule has 1 aromatic carbocycles. The maximum Gasteiger partial charge on any atom is 0.279 e. The van der Waals surface area contributed by atoms with Gasteiger partial charge in [-0.3, -0.25) is 4.79 Å². The number of quaternary nitrogens is 1. The summed E-state index contributed by atoms with van der Waals surface area (Å²) in [5.41, 5.74) is 3.56. The molecule has 2 N–H and O–H groups in total. The minimum atomic E-state index is -2.89. The Balaban J connectivity index is 1.56. The van der Waals surface area contributed by atoms with Crippen LogP contribution in [0.2, 0.25) is 0 Å². The largest absolute Gasteiger partial charge is 0.326 e. The average molecular weight is 323 g/mol. The van der Waals surface area contributed by atoms with Gasteiger partial charge in [-0.2, -0.15) is 0 Å². The number of hydrogen-bond donors (Lipinski definition) is 2. The summed E-state index contributed by atoms with van der Waals surface area (Å²) in [4.78, 5) is 13.1. The number of rotatable bonds is 4. The molecule has 2 atom stereocenters. The van der Waals surface area contributed by atoms with Crippen LogP contribution in [0, 0.1) is 0 Å². The standard InChI is InChI=1S/C16H22N2O3S/c1-18(15-7-8-22(20,21)11-15)10-16(19)17-14-6-5-12-3-2-4-13(12)9-14/h5-6,9,15H,2-4,7-8,10-11H2,1H3,(H,17,19)/p+1/t15-/m0/s1. The van der Waals surface area contributed by atoms with Crippen LogP contribution < -0.4 is 10.2 Å². The second kappa shape index (κ2) is 6.01. The summed E-state index contributed by atoms with van der Waals surface area (Å²) in [6.07, 6.45) is 4.06. The molecule has 6 heteroatoms. The van der Waals surface area contributed by atoms with Crippen molar-refractivity contribution in [2.45, 2.75) is 31.7 Å². The highest BCUT2D eigenvalue weighted by Gasteiger charge is 2.34. The van der Waals surface area contributed by atoms with E-state index >= 15 is 0 Å². The van der Waals surface area contributed by atoms with Crippen LogP contribution in [0.5, 0.6) is 0 Å². The summed E-state index contributed by atoms with van der Waals surface area (Å²) in [6, 6.07) is 6.15. The molecule has 3 rings (SSSR count). The monoisotopic (exact) mass is 323 g/mol. The smallest absolute Gasteiger partial charge is 0.279 e. The van der Waals surface area contributed by atoms with Crippen molar-refractivity contribution in [2.75, 3.05) is 30.4 Å². The van der Waals surface area contributed by atoms with Gasteiger partial charge in [0.15, 0.2) is 16.4 Å².